The number of nitrogens with zero attached hydrogens (tertiary/aromatic N) is 3. The van der Waals surface area contributed by atoms with Gasteiger partial charge in [0.1, 0.15) is 29.8 Å². The minimum absolute atomic E-state index is 0.0763. The van der Waals surface area contributed by atoms with E-state index in [2.05, 4.69) is 10.3 Å². The number of oxazole rings is 1. The molecule has 0 saturated carbocycles. The molecule has 3 N–H and O–H groups in total. The number of aliphatic hydroxyl groups is 2. The SMILES string of the molecule is COc1ccc(C(=O)N2CCc3cc(C(=O)NC[C@@H](O)[C@@]4(O)Cc5ccc(OCc6ocnc6C)cc5CN4C(=O)OC(C)(C)C)ccc3C2)cc1. The molecular weight excluding hydrogens is 668 g/mol. The van der Waals surface area contributed by atoms with Gasteiger partial charge in [0.15, 0.2) is 17.9 Å². The standard InChI is InChI=1S/C39H44N4O9/c1-24-33(51-23-41-24)22-50-32-13-10-28-18-39(48,43(21-30(28)17-32)37(47)52-38(2,3)4)34(44)19-40-35(45)27-6-7-29-20-42(15-14-26(29)16-27)36(46)25-8-11-31(49-5)12-9-25/h6-13,16-17,23,34,44,48H,14-15,18-22H2,1-5H3,(H,40,45)/t34-,39+/m1/s1. The molecule has 13 heteroatoms. The second-order valence-electron chi connectivity index (χ2n) is 14.1. The Morgan fingerprint density at radius 2 is 1.67 bits per heavy atom. The third-order valence-electron chi connectivity index (χ3n) is 9.35. The average molecular weight is 713 g/mol. The Morgan fingerprint density at radius 1 is 0.962 bits per heavy atom. The molecule has 2 aliphatic rings. The van der Waals surface area contributed by atoms with Crippen LogP contribution in [-0.2, 0) is 37.3 Å². The van der Waals surface area contributed by atoms with Crippen molar-refractivity contribution in [2.45, 2.75) is 77.7 Å². The molecule has 0 saturated heterocycles. The molecule has 2 aliphatic heterocycles. The number of ether oxygens (including phenoxy) is 3. The highest BCUT2D eigenvalue weighted by molar-refractivity contribution is 5.95. The predicted molar refractivity (Wildman–Crippen MR) is 189 cm³/mol. The average Bonchev–Trinajstić information content (AvgIpc) is 3.55. The maximum atomic E-state index is 13.5. The minimum Gasteiger partial charge on any atom is -0.497 e. The molecule has 0 aliphatic carbocycles. The van der Waals surface area contributed by atoms with Crippen LogP contribution in [0.25, 0.3) is 0 Å². The van der Waals surface area contributed by atoms with Crippen LogP contribution in [0.2, 0.25) is 0 Å². The van der Waals surface area contributed by atoms with Gasteiger partial charge in [-0.05, 0) is 105 Å². The van der Waals surface area contributed by atoms with Gasteiger partial charge in [-0.3, -0.25) is 14.5 Å². The van der Waals surface area contributed by atoms with Gasteiger partial charge in [0.05, 0.1) is 19.3 Å². The van der Waals surface area contributed by atoms with Gasteiger partial charge >= 0.3 is 6.09 Å². The number of rotatable bonds is 9. The highest BCUT2D eigenvalue weighted by atomic mass is 16.6. The predicted octanol–water partition coefficient (Wildman–Crippen LogP) is 4.54. The molecule has 0 radical (unpaired) electrons. The Labute approximate surface area is 302 Å². The van der Waals surface area contributed by atoms with E-state index in [-0.39, 0.29) is 32.0 Å². The fraction of sp³-hybridized carbons (Fsp3) is 0.385. The maximum absolute atomic E-state index is 13.5. The van der Waals surface area contributed by atoms with Gasteiger partial charge in [-0.25, -0.2) is 9.78 Å². The number of hydrogen-bond donors (Lipinski definition) is 3. The summed E-state index contributed by atoms with van der Waals surface area (Å²) < 4.78 is 22.1. The van der Waals surface area contributed by atoms with Crippen LogP contribution in [0.4, 0.5) is 4.79 Å². The summed E-state index contributed by atoms with van der Waals surface area (Å²) in [5.74, 6) is 1.25. The van der Waals surface area contributed by atoms with Crippen molar-refractivity contribution in [3.05, 3.63) is 112 Å². The van der Waals surface area contributed by atoms with E-state index in [9.17, 15) is 24.6 Å². The van der Waals surface area contributed by atoms with E-state index in [0.717, 1.165) is 21.7 Å². The Balaban J connectivity index is 1.12. The quantitative estimate of drug-likeness (QED) is 0.225. The van der Waals surface area contributed by atoms with Crippen LogP contribution >= 0.6 is 0 Å². The van der Waals surface area contributed by atoms with Crippen LogP contribution in [0, 0.1) is 6.92 Å². The first kappa shape index (κ1) is 36.4. The summed E-state index contributed by atoms with van der Waals surface area (Å²) in [5.41, 5.74) is 1.99. The van der Waals surface area contributed by atoms with Crippen molar-refractivity contribution in [3.63, 3.8) is 0 Å². The van der Waals surface area contributed by atoms with Gasteiger partial charge in [0, 0.05) is 37.2 Å². The Bertz CT molecular complexity index is 1950. The van der Waals surface area contributed by atoms with E-state index >= 15 is 0 Å². The molecule has 1 aromatic heterocycles. The summed E-state index contributed by atoms with van der Waals surface area (Å²) in [4.78, 5) is 46.9. The highest BCUT2D eigenvalue weighted by Crippen LogP contribution is 2.35. The zero-order valence-corrected chi connectivity index (χ0v) is 30.0. The van der Waals surface area contributed by atoms with Crippen molar-refractivity contribution < 1.29 is 43.2 Å². The first-order valence-corrected chi connectivity index (χ1v) is 17.1. The van der Waals surface area contributed by atoms with E-state index in [0.29, 0.717) is 59.0 Å². The Morgan fingerprint density at radius 3 is 2.37 bits per heavy atom. The smallest absolute Gasteiger partial charge is 0.412 e. The summed E-state index contributed by atoms with van der Waals surface area (Å²) in [7, 11) is 1.57. The zero-order valence-electron chi connectivity index (χ0n) is 30.0. The Hall–Kier alpha value is -5.40. The number of nitrogens with one attached hydrogen (secondary N) is 1. The van der Waals surface area contributed by atoms with Gasteiger partial charge in [0.25, 0.3) is 11.8 Å². The van der Waals surface area contributed by atoms with E-state index in [1.807, 2.05) is 13.0 Å². The lowest BCUT2D eigenvalue weighted by molar-refractivity contribution is -0.177. The summed E-state index contributed by atoms with van der Waals surface area (Å²) >= 11 is 0. The molecule has 274 valence electrons. The Kier molecular flexibility index (Phi) is 10.3. The molecule has 0 spiro atoms. The van der Waals surface area contributed by atoms with Crippen LogP contribution in [-0.4, -0.2) is 80.5 Å². The summed E-state index contributed by atoms with van der Waals surface area (Å²) in [6, 6.07) is 17.6. The number of aromatic nitrogens is 1. The van der Waals surface area contributed by atoms with E-state index < -0.39 is 29.4 Å². The third kappa shape index (κ3) is 7.90. The van der Waals surface area contributed by atoms with E-state index in [1.54, 1.807) is 87.4 Å². The number of aliphatic hydroxyl groups excluding tert-OH is 1. The van der Waals surface area contributed by atoms with Crippen LogP contribution in [0.15, 0.2) is 71.5 Å². The molecule has 3 amide bonds. The van der Waals surface area contributed by atoms with Crippen molar-refractivity contribution in [1.29, 1.82) is 0 Å². The molecule has 0 bridgehead atoms. The third-order valence-corrected chi connectivity index (χ3v) is 9.35. The highest BCUT2D eigenvalue weighted by Gasteiger charge is 2.49. The van der Waals surface area contributed by atoms with Crippen LogP contribution < -0.4 is 14.8 Å². The number of amides is 3. The number of aryl methyl sites for hydroxylation is 1. The first-order valence-electron chi connectivity index (χ1n) is 17.1. The second kappa shape index (κ2) is 14.7. The van der Waals surface area contributed by atoms with Gasteiger partial charge < -0.3 is 39.1 Å². The summed E-state index contributed by atoms with van der Waals surface area (Å²) in [6.07, 6.45) is -0.590. The number of carbonyl (C=O) groups is 3. The lowest BCUT2D eigenvalue weighted by atomic mass is 9.87. The molecule has 0 fully saturated rings. The van der Waals surface area contributed by atoms with Crippen molar-refractivity contribution in [1.82, 2.24) is 20.1 Å². The molecule has 3 aromatic carbocycles. The fourth-order valence-electron chi connectivity index (χ4n) is 6.38. The maximum Gasteiger partial charge on any atom is 0.412 e. The van der Waals surface area contributed by atoms with Crippen LogP contribution in [0.3, 0.4) is 0 Å². The molecule has 4 aromatic rings. The molecular formula is C39H44N4O9. The number of hydrogen-bond acceptors (Lipinski definition) is 10. The zero-order chi connectivity index (χ0) is 37.2. The van der Waals surface area contributed by atoms with Gasteiger partial charge in [-0.1, -0.05) is 12.1 Å². The number of methoxy groups -OCH3 is 1. The number of fused-ring (bicyclic) bond motifs is 2. The molecule has 13 nitrogen and oxygen atoms in total. The van der Waals surface area contributed by atoms with Crippen molar-refractivity contribution in [3.8, 4) is 11.5 Å². The van der Waals surface area contributed by atoms with E-state index in [4.69, 9.17) is 18.6 Å². The lowest BCUT2D eigenvalue weighted by Crippen LogP contribution is -2.64. The molecule has 2 atom stereocenters. The molecule has 3 heterocycles. The number of carbonyl (C=O) groups excluding carboxylic acids is 3. The van der Waals surface area contributed by atoms with Crippen LogP contribution in [0.1, 0.15) is 75.2 Å². The molecule has 0 unspecified atom stereocenters. The fourth-order valence-corrected chi connectivity index (χ4v) is 6.38. The molecule has 52 heavy (non-hydrogen) atoms. The summed E-state index contributed by atoms with van der Waals surface area (Å²) in [5, 5.41) is 26.2. The second-order valence-corrected chi connectivity index (χ2v) is 14.1. The van der Waals surface area contributed by atoms with Crippen molar-refractivity contribution in [2.24, 2.45) is 0 Å². The topological polar surface area (TPSA) is 164 Å². The number of benzene rings is 3. The van der Waals surface area contributed by atoms with Gasteiger partial charge in [-0.2, -0.15) is 0 Å². The minimum atomic E-state index is -2.10. The molecule has 6 rings (SSSR count). The normalized spacial score (nSPS) is 17.4. The lowest BCUT2D eigenvalue weighted by Gasteiger charge is -2.46. The first-order chi connectivity index (χ1) is 24.7. The van der Waals surface area contributed by atoms with Crippen molar-refractivity contribution >= 4 is 17.9 Å². The largest absolute Gasteiger partial charge is 0.497 e. The summed E-state index contributed by atoms with van der Waals surface area (Å²) in [6.45, 7) is 7.60. The van der Waals surface area contributed by atoms with Crippen molar-refractivity contribution in [2.75, 3.05) is 20.2 Å². The van der Waals surface area contributed by atoms with Gasteiger partial charge in [0.2, 0.25) is 0 Å². The van der Waals surface area contributed by atoms with E-state index in [1.165, 1.54) is 6.39 Å². The van der Waals surface area contributed by atoms with Gasteiger partial charge in [-0.15, -0.1) is 0 Å². The van der Waals surface area contributed by atoms with Crippen LogP contribution in [0.5, 0.6) is 11.5 Å². The monoisotopic (exact) mass is 712 g/mol.